The molecule has 0 saturated carbocycles. The molecule has 3 aromatic rings. The van der Waals surface area contributed by atoms with Crippen molar-refractivity contribution in [1.82, 2.24) is 14.4 Å². The van der Waals surface area contributed by atoms with Crippen LogP contribution in [0.4, 0.5) is 5.82 Å². The van der Waals surface area contributed by atoms with Crippen LogP contribution in [0.15, 0.2) is 42.7 Å². The number of hydrogen-bond acceptors (Lipinski definition) is 5. The quantitative estimate of drug-likeness (QED) is 0.539. The summed E-state index contributed by atoms with van der Waals surface area (Å²) in [5, 5.41) is 11.2. The summed E-state index contributed by atoms with van der Waals surface area (Å²) in [7, 11) is 0. The molecule has 0 radical (unpaired) electrons. The Labute approximate surface area is 113 Å². The third kappa shape index (κ3) is 2.05. The van der Waals surface area contributed by atoms with Gasteiger partial charge in [-0.25, -0.2) is 0 Å². The normalized spacial score (nSPS) is 10.7. The Morgan fingerprint density at radius 2 is 2.15 bits per heavy atom. The number of imidazole rings is 1. The molecule has 0 aliphatic rings. The van der Waals surface area contributed by atoms with Gasteiger partial charge in [0.15, 0.2) is 0 Å². The van der Waals surface area contributed by atoms with Gasteiger partial charge in [-0.05, 0) is 30.0 Å². The summed E-state index contributed by atoms with van der Waals surface area (Å²) < 4.78 is 6.85. The monoisotopic (exact) mass is 270 g/mol. The average Bonchev–Trinajstić information content (AvgIpc) is 2.79. The topological polar surface area (TPSA) is 82.6 Å². The van der Waals surface area contributed by atoms with Crippen molar-refractivity contribution in [3.05, 3.63) is 58.5 Å². The summed E-state index contributed by atoms with van der Waals surface area (Å²) in [5.41, 5.74) is 1.29. The second-order valence-electron chi connectivity index (χ2n) is 4.16. The van der Waals surface area contributed by atoms with Crippen molar-refractivity contribution >= 4 is 11.5 Å². The maximum atomic E-state index is 11.2. The number of hydrogen-bond donors (Lipinski definition) is 0. The highest BCUT2D eigenvalue weighted by atomic mass is 16.6. The summed E-state index contributed by atoms with van der Waals surface area (Å²) in [6, 6.07) is 8.57. The number of nitro groups is 1. The summed E-state index contributed by atoms with van der Waals surface area (Å²) in [5.74, 6) is 0.148. The Morgan fingerprint density at radius 1 is 1.30 bits per heavy atom. The van der Waals surface area contributed by atoms with E-state index >= 15 is 0 Å². The fourth-order valence-corrected chi connectivity index (χ4v) is 1.82. The van der Waals surface area contributed by atoms with Crippen LogP contribution in [-0.4, -0.2) is 19.3 Å². The lowest BCUT2D eigenvalue weighted by molar-refractivity contribution is -0.391. The molecule has 0 fully saturated rings. The predicted molar refractivity (Wildman–Crippen MR) is 70.9 cm³/mol. The molecule has 0 aliphatic carbocycles. The molecule has 0 bridgehead atoms. The van der Waals surface area contributed by atoms with Crippen molar-refractivity contribution in [3.8, 4) is 11.6 Å². The molecule has 7 heteroatoms. The summed E-state index contributed by atoms with van der Waals surface area (Å²) in [4.78, 5) is 18.9. The van der Waals surface area contributed by atoms with E-state index in [4.69, 9.17) is 4.74 Å². The number of nitrogens with zero attached hydrogens (tertiary/aromatic N) is 4. The molecular formula is C13H10N4O3. The van der Waals surface area contributed by atoms with Crippen molar-refractivity contribution in [1.29, 1.82) is 0 Å². The van der Waals surface area contributed by atoms with Gasteiger partial charge in [0.25, 0.3) is 0 Å². The van der Waals surface area contributed by atoms with Crippen LogP contribution in [0.5, 0.6) is 11.6 Å². The highest BCUT2D eigenvalue weighted by molar-refractivity contribution is 5.53. The lowest BCUT2D eigenvalue weighted by atomic mass is 10.4. The van der Waals surface area contributed by atoms with E-state index in [1.54, 1.807) is 36.5 Å². The first-order valence-electron chi connectivity index (χ1n) is 5.87. The third-order valence-corrected chi connectivity index (χ3v) is 2.75. The van der Waals surface area contributed by atoms with Gasteiger partial charge in [-0.15, -0.1) is 0 Å². The van der Waals surface area contributed by atoms with Gasteiger partial charge in [-0.2, -0.15) is 9.38 Å². The van der Waals surface area contributed by atoms with Crippen LogP contribution in [0.3, 0.4) is 0 Å². The van der Waals surface area contributed by atoms with Crippen LogP contribution in [0.2, 0.25) is 0 Å². The van der Waals surface area contributed by atoms with Crippen LogP contribution in [0, 0.1) is 17.0 Å². The molecule has 0 N–H and O–H groups in total. The lowest BCUT2D eigenvalue weighted by Crippen LogP contribution is -1.96. The highest BCUT2D eigenvalue weighted by Gasteiger charge is 2.24. The highest BCUT2D eigenvalue weighted by Crippen LogP contribution is 2.31. The number of ether oxygens (including phenoxy) is 1. The van der Waals surface area contributed by atoms with Crippen LogP contribution >= 0.6 is 0 Å². The minimum absolute atomic E-state index is 0.0492. The fraction of sp³-hybridized carbons (Fsp3) is 0.0769. The molecule has 0 spiro atoms. The first kappa shape index (κ1) is 12.1. The first-order valence-corrected chi connectivity index (χ1v) is 5.87. The maximum absolute atomic E-state index is 11.2. The molecular weight excluding hydrogens is 260 g/mol. The van der Waals surface area contributed by atoms with Gasteiger partial charge in [0.05, 0.1) is 12.4 Å². The number of aryl methyl sites for hydroxylation is 1. The van der Waals surface area contributed by atoms with E-state index < -0.39 is 4.92 Å². The zero-order valence-corrected chi connectivity index (χ0v) is 10.6. The Bertz CT molecular complexity index is 780. The van der Waals surface area contributed by atoms with Gasteiger partial charge in [0.2, 0.25) is 5.65 Å². The van der Waals surface area contributed by atoms with Crippen molar-refractivity contribution in [2.24, 2.45) is 0 Å². The van der Waals surface area contributed by atoms with Crippen molar-refractivity contribution in [2.45, 2.75) is 6.92 Å². The molecule has 0 atom stereocenters. The molecule has 0 amide bonds. The molecule has 100 valence electrons. The Kier molecular flexibility index (Phi) is 2.79. The van der Waals surface area contributed by atoms with Crippen LogP contribution in [0.1, 0.15) is 5.69 Å². The van der Waals surface area contributed by atoms with E-state index in [2.05, 4.69) is 9.97 Å². The van der Waals surface area contributed by atoms with Crippen LogP contribution in [0.25, 0.3) is 5.65 Å². The fourth-order valence-electron chi connectivity index (χ4n) is 1.82. The summed E-state index contributed by atoms with van der Waals surface area (Å²) in [6.45, 7) is 1.84. The van der Waals surface area contributed by atoms with E-state index in [1.165, 1.54) is 10.6 Å². The molecule has 0 saturated heterocycles. The largest absolute Gasteiger partial charge is 0.431 e. The molecule has 3 heterocycles. The van der Waals surface area contributed by atoms with Crippen LogP contribution < -0.4 is 4.74 Å². The SMILES string of the molecule is Cc1ccc(Oc2nc3ccccn3c2[N+](=O)[O-])cn1. The van der Waals surface area contributed by atoms with E-state index in [0.29, 0.717) is 11.4 Å². The van der Waals surface area contributed by atoms with Crippen molar-refractivity contribution in [3.63, 3.8) is 0 Å². The van der Waals surface area contributed by atoms with Gasteiger partial charge in [-0.1, -0.05) is 6.07 Å². The minimum Gasteiger partial charge on any atom is -0.431 e. The Hall–Kier alpha value is -2.96. The van der Waals surface area contributed by atoms with Gasteiger partial charge < -0.3 is 14.9 Å². The van der Waals surface area contributed by atoms with E-state index in [9.17, 15) is 10.1 Å². The molecule has 0 aliphatic heterocycles. The van der Waals surface area contributed by atoms with Gasteiger partial charge in [0.1, 0.15) is 5.75 Å². The van der Waals surface area contributed by atoms with Gasteiger partial charge >= 0.3 is 11.7 Å². The zero-order valence-electron chi connectivity index (χ0n) is 10.6. The van der Waals surface area contributed by atoms with Crippen LogP contribution in [-0.2, 0) is 0 Å². The third-order valence-electron chi connectivity index (χ3n) is 2.75. The first-order chi connectivity index (χ1) is 9.65. The zero-order chi connectivity index (χ0) is 14.1. The van der Waals surface area contributed by atoms with Crippen molar-refractivity contribution < 1.29 is 9.66 Å². The lowest BCUT2D eigenvalue weighted by Gasteiger charge is -2.02. The molecule has 7 nitrogen and oxygen atoms in total. The number of aromatic nitrogens is 3. The Balaban J connectivity index is 2.08. The molecule has 0 aromatic carbocycles. The number of pyridine rings is 2. The minimum atomic E-state index is -0.517. The maximum Gasteiger partial charge on any atom is 0.392 e. The van der Waals surface area contributed by atoms with Gasteiger partial charge in [-0.3, -0.25) is 4.98 Å². The number of fused-ring (bicyclic) bond motifs is 1. The second-order valence-corrected chi connectivity index (χ2v) is 4.16. The van der Waals surface area contributed by atoms with E-state index in [0.717, 1.165) is 5.69 Å². The molecule has 0 unspecified atom stereocenters. The van der Waals surface area contributed by atoms with Crippen molar-refractivity contribution in [2.75, 3.05) is 0 Å². The summed E-state index contributed by atoms with van der Waals surface area (Å²) in [6.07, 6.45) is 3.07. The number of rotatable bonds is 3. The van der Waals surface area contributed by atoms with Gasteiger partial charge in [0, 0.05) is 11.8 Å². The van der Waals surface area contributed by atoms with E-state index in [-0.39, 0.29) is 11.7 Å². The molecule has 3 aromatic heterocycles. The second kappa shape index (κ2) is 4.61. The molecule has 3 rings (SSSR count). The smallest absolute Gasteiger partial charge is 0.392 e. The summed E-state index contributed by atoms with van der Waals surface area (Å²) >= 11 is 0. The van der Waals surface area contributed by atoms with E-state index in [1.807, 2.05) is 6.92 Å². The molecule has 20 heavy (non-hydrogen) atoms. The predicted octanol–water partition coefficient (Wildman–Crippen LogP) is 2.74. The Morgan fingerprint density at radius 3 is 2.85 bits per heavy atom. The standard InChI is InChI=1S/C13H10N4O3/c1-9-5-6-10(8-14-9)20-12-13(17(18)19)16-7-3-2-4-11(16)15-12/h2-8H,1H3. The average molecular weight is 270 g/mol.